The molecule has 0 radical (unpaired) electrons. The van der Waals surface area contributed by atoms with Gasteiger partial charge in [-0.2, -0.15) is 4.98 Å². The van der Waals surface area contributed by atoms with Gasteiger partial charge in [0, 0.05) is 9.50 Å². The maximum Gasteiger partial charge on any atom is 0.259 e. The predicted octanol–water partition coefficient (Wildman–Crippen LogP) is 3.74. The zero-order valence-corrected chi connectivity index (χ0v) is 12.4. The Morgan fingerprint density at radius 3 is 2.89 bits per heavy atom. The Labute approximate surface area is 119 Å². The average molecular weight is 331 g/mol. The first-order valence-electron chi connectivity index (χ1n) is 5.52. The van der Waals surface area contributed by atoms with E-state index in [-0.39, 0.29) is 0 Å². The van der Waals surface area contributed by atoms with E-state index in [9.17, 15) is 0 Å². The summed E-state index contributed by atoms with van der Waals surface area (Å²) in [6, 6.07) is 5.39. The van der Waals surface area contributed by atoms with E-state index in [0.717, 1.165) is 16.5 Å². The Balaban J connectivity index is 2.44. The van der Waals surface area contributed by atoms with E-state index in [4.69, 9.17) is 21.9 Å². The SMILES string of the molecule is CCC(C)(N)c1noc(-c2cc(Cl)ccc2Br)n1. The van der Waals surface area contributed by atoms with Gasteiger partial charge in [-0.3, -0.25) is 0 Å². The van der Waals surface area contributed by atoms with Crippen molar-refractivity contribution in [3.8, 4) is 11.5 Å². The summed E-state index contributed by atoms with van der Waals surface area (Å²) in [5.41, 5.74) is 6.24. The highest BCUT2D eigenvalue weighted by molar-refractivity contribution is 9.10. The molecule has 0 aliphatic carbocycles. The van der Waals surface area contributed by atoms with Gasteiger partial charge in [0.15, 0.2) is 5.82 Å². The third-order valence-corrected chi connectivity index (χ3v) is 3.76. The first-order chi connectivity index (χ1) is 8.44. The van der Waals surface area contributed by atoms with Crippen molar-refractivity contribution >= 4 is 27.5 Å². The first kappa shape index (κ1) is 13.5. The Hall–Kier alpha value is -0.910. The molecule has 18 heavy (non-hydrogen) atoms. The minimum absolute atomic E-state index is 0.407. The average Bonchev–Trinajstić information content (AvgIpc) is 2.82. The van der Waals surface area contributed by atoms with Crippen LogP contribution < -0.4 is 5.73 Å². The Kier molecular flexibility index (Phi) is 3.75. The summed E-state index contributed by atoms with van der Waals surface area (Å²) in [6.45, 7) is 3.85. The molecule has 0 aliphatic rings. The number of hydrogen-bond acceptors (Lipinski definition) is 4. The van der Waals surface area contributed by atoms with Crippen molar-refractivity contribution in [1.82, 2.24) is 10.1 Å². The van der Waals surface area contributed by atoms with Gasteiger partial charge in [-0.05, 0) is 47.5 Å². The van der Waals surface area contributed by atoms with Crippen LogP contribution >= 0.6 is 27.5 Å². The van der Waals surface area contributed by atoms with Crippen molar-refractivity contribution in [3.05, 3.63) is 33.5 Å². The van der Waals surface area contributed by atoms with Crippen molar-refractivity contribution in [1.29, 1.82) is 0 Å². The molecular formula is C12H13BrClN3O. The standard InChI is InChI=1S/C12H13BrClN3O/c1-3-12(2,15)11-16-10(18-17-11)8-6-7(14)4-5-9(8)13/h4-6H,3,15H2,1-2H3. The molecule has 96 valence electrons. The smallest absolute Gasteiger partial charge is 0.259 e. The van der Waals surface area contributed by atoms with E-state index in [1.807, 2.05) is 19.9 Å². The zero-order valence-electron chi connectivity index (χ0n) is 10.1. The molecule has 0 aliphatic heterocycles. The van der Waals surface area contributed by atoms with Crippen LogP contribution in [0.3, 0.4) is 0 Å². The normalized spacial score (nSPS) is 14.5. The van der Waals surface area contributed by atoms with Crippen LogP contribution in [0.4, 0.5) is 0 Å². The molecule has 0 amide bonds. The second-order valence-electron chi connectivity index (χ2n) is 4.32. The fourth-order valence-electron chi connectivity index (χ4n) is 1.38. The van der Waals surface area contributed by atoms with E-state index < -0.39 is 5.54 Å². The molecule has 0 bridgehead atoms. The molecule has 0 saturated carbocycles. The molecular weight excluding hydrogens is 318 g/mol. The van der Waals surface area contributed by atoms with Crippen LogP contribution in [0.1, 0.15) is 26.1 Å². The quantitative estimate of drug-likeness (QED) is 0.931. The number of benzene rings is 1. The Bertz CT molecular complexity index is 568. The lowest BCUT2D eigenvalue weighted by Crippen LogP contribution is -2.33. The van der Waals surface area contributed by atoms with E-state index >= 15 is 0 Å². The number of rotatable bonds is 3. The van der Waals surface area contributed by atoms with Crippen molar-refractivity contribution in [2.45, 2.75) is 25.8 Å². The van der Waals surface area contributed by atoms with Crippen LogP contribution in [0, 0.1) is 0 Å². The summed E-state index contributed by atoms with van der Waals surface area (Å²) in [7, 11) is 0. The number of nitrogens with two attached hydrogens (primary N) is 1. The molecule has 1 unspecified atom stereocenters. The third-order valence-electron chi connectivity index (χ3n) is 2.83. The zero-order chi connectivity index (χ0) is 13.3. The van der Waals surface area contributed by atoms with Gasteiger partial charge in [0.05, 0.1) is 11.1 Å². The topological polar surface area (TPSA) is 64.9 Å². The van der Waals surface area contributed by atoms with Gasteiger partial charge in [-0.1, -0.05) is 23.7 Å². The van der Waals surface area contributed by atoms with Crippen molar-refractivity contribution < 1.29 is 4.52 Å². The van der Waals surface area contributed by atoms with Crippen LogP contribution in [0.5, 0.6) is 0 Å². The molecule has 1 heterocycles. The molecule has 2 N–H and O–H groups in total. The van der Waals surface area contributed by atoms with Gasteiger partial charge in [0.1, 0.15) is 0 Å². The van der Waals surface area contributed by atoms with Crippen LogP contribution in [0.2, 0.25) is 5.02 Å². The summed E-state index contributed by atoms with van der Waals surface area (Å²) < 4.78 is 6.09. The molecule has 0 spiro atoms. The Morgan fingerprint density at radius 1 is 1.50 bits per heavy atom. The monoisotopic (exact) mass is 329 g/mol. The van der Waals surface area contributed by atoms with Gasteiger partial charge in [-0.15, -0.1) is 0 Å². The highest BCUT2D eigenvalue weighted by Gasteiger charge is 2.26. The Morgan fingerprint density at radius 2 is 2.22 bits per heavy atom. The van der Waals surface area contributed by atoms with E-state index in [1.54, 1.807) is 12.1 Å². The molecule has 1 atom stereocenters. The maximum atomic E-state index is 6.07. The van der Waals surface area contributed by atoms with Gasteiger partial charge in [0.2, 0.25) is 0 Å². The summed E-state index contributed by atoms with van der Waals surface area (Å²) in [5.74, 6) is 0.899. The lowest BCUT2D eigenvalue weighted by Gasteiger charge is -2.16. The minimum atomic E-state index is -0.590. The van der Waals surface area contributed by atoms with E-state index in [2.05, 4.69) is 26.1 Å². The number of aromatic nitrogens is 2. The van der Waals surface area contributed by atoms with Crippen molar-refractivity contribution in [2.75, 3.05) is 0 Å². The van der Waals surface area contributed by atoms with Crippen molar-refractivity contribution in [3.63, 3.8) is 0 Å². The molecule has 2 rings (SSSR count). The van der Waals surface area contributed by atoms with Crippen molar-refractivity contribution in [2.24, 2.45) is 5.73 Å². The summed E-state index contributed by atoms with van der Waals surface area (Å²) in [4.78, 5) is 4.33. The second kappa shape index (κ2) is 4.99. The summed E-state index contributed by atoms with van der Waals surface area (Å²) in [5, 5.41) is 4.54. The predicted molar refractivity (Wildman–Crippen MR) is 74.3 cm³/mol. The minimum Gasteiger partial charge on any atom is -0.334 e. The van der Waals surface area contributed by atoms with Crippen LogP contribution in [0.15, 0.2) is 27.2 Å². The second-order valence-corrected chi connectivity index (χ2v) is 5.61. The third kappa shape index (κ3) is 2.58. The molecule has 1 aromatic heterocycles. The lowest BCUT2D eigenvalue weighted by molar-refractivity contribution is 0.379. The molecule has 2 aromatic rings. The van der Waals surface area contributed by atoms with Crippen LogP contribution in [0.25, 0.3) is 11.5 Å². The van der Waals surface area contributed by atoms with E-state index in [1.165, 1.54) is 0 Å². The summed E-state index contributed by atoms with van der Waals surface area (Å²) >= 11 is 9.38. The lowest BCUT2D eigenvalue weighted by atomic mass is 10.00. The number of hydrogen-bond donors (Lipinski definition) is 1. The summed E-state index contributed by atoms with van der Waals surface area (Å²) in [6.07, 6.45) is 0.725. The highest BCUT2D eigenvalue weighted by atomic mass is 79.9. The largest absolute Gasteiger partial charge is 0.334 e. The molecule has 6 heteroatoms. The number of halogens is 2. The van der Waals surface area contributed by atoms with Gasteiger partial charge in [0.25, 0.3) is 5.89 Å². The van der Waals surface area contributed by atoms with Crippen LogP contribution in [-0.2, 0) is 5.54 Å². The van der Waals surface area contributed by atoms with Crippen LogP contribution in [-0.4, -0.2) is 10.1 Å². The number of nitrogens with zero attached hydrogens (tertiary/aromatic N) is 2. The van der Waals surface area contributed by atoms with E-state index in [0.29, 0.717) is 16.7 Å². The van der Waals surface area contributed by atoms with Gasteiger partial charge < -0.3 is 10.3 Å². The molecule has 0 fully saturated rings. The molecule has 0 saturated heterocycles. The van der Waals surface area contributed by atoms with Gasteiger partial charge >= 0.3 is 0 Å². The fourth-order valence-corrected chi connectivity index (χ4v) is 1.97. The fraction of sp³-hybridized carbons (Fsp3) is 0.333. The molecule has 1 aromatic carbocycles. The maximum absolute atomic E-state index is 6.07. The highest BCUT2D eigenvalue weighted by Crippen LogP contribution is 2.31. The first-order valence-corrected chi connectivity index (χ1v) is 6.69. The molecule has 4 nitrogen and oxygen atoms in total. The van der Waals surface area contributed by atoms with Gasteiger partial charge in [-0.25, -0.2) is 0 Å².